The van der Waals surface area contributed by atoms with E-state index in [2.05, 4.69) is 21.9 Å². The number of ether oxygens (including phenoxy) is 1. The van der Waals surface area contributed by atoms with Gasteiger partial charge >= 0.3 is 23.9 Å². The number of aliphatic carboxylic acids is 2. The molecular weight excluding hydrogens is 422 g/mol. The van der Waals surface area contributed by atoms with E-state index in [4.69, 9.17) is 21.4 Å². The van der Waals surface area contributed by atoms with Crippen molar-refractivity contribution in [3.05, 3.63) is 0 Å². The number of nitrogens with one attached hydrogen (secondary N) is 3. The molecule has 0 saturated heterocycles. The van der Waals surface area contributed by atoms with Crippen molar-refractivity contribution in [1.29, 1.82) is 0 Å². The Kier molecular flexibility index (Phi) is 13.2. The summed E-state index contributed by atoms with van der Waals surface area (Å²) in [5, 5.41) is 25.1. The van der Waals surface area contributed by atoms with Crippen molar-refractivity contribution in [3.63, 3.8) is 0 Å². The van der Waals surface area contributed by atoms with E-state index in [1.54, 1.807) is 20.8 Å². The van der Waals surface area contributed by atoms with Gasteiger partial charge in [0.15, 0.2) is 0 Å². The van der Waals surface area contributed by atoms with E-state index in [1.165, 1.54) is 0 Å². The first-order valence-corrected chi connectivity index (χ1v) is 10.3. The summed E-state index contributed by atoms with van der Waals surface area (Å²) >= 11 is 0. The Bertz CT molecular complexity index is 709. The number of amides is 3. The Morgan fingerprint density at radius 2 is 1.59 bits per heavy atom. The van der Waals surface area contributed by atoms with E-state index in [1.807, 2.05) is 0 Å². The van der Waals surface area contributed by atoms with Crippen molar-refractivity contribution < 1.29 is 38.9 Å². The lowest BCUT2D eigenvalue weighted by molar-refractivity contribution is -0.157. The maximum atomic E-state index is 12.5. The molecule has 0 aliphatic rings. The maximum Gasteiger partial charge on any atom is 0.329 e. The minimum Gasteiger partial charge on any atom is -0.481 e. The van der Waals surface area contributed by atoms with Crippen molar-refractivity contribution in [2.45, 2.75) is 83.4 Å². The van der Waals surface area contributed by atoms with Crippen LogP contribution in [0.5, 0.6) is 0 Å². The average molecular weight is 456 g/mol. The van der Waals surface area contributed by atoms with Gasteiger partial charge in [0.2, 0.25) is 5.91 Å². The molecule has 0 saturated carbocycles. The number of carbonyl (C=O) groups is 5. The van der Waals surface area contributed by atoms with Crippen LogP contribution in [-0.4, -0.2) is 64.3 Å². The highest BCUT2D eigenvalue weighted by molar-refractivity contribution is 5.87. The first kappa shape index (κ1) is 28.7. The molecule has 3 amide bonds. The number of carboxylic acid groups (broad SMARTS) is 2. The van der Waals surface area contributed by atoms with E-state index in [0.717, 1.165) is 0 Å². The van der Waals surface area contributed by atoms with Crippen LogP contribution in [0, 0.1) is 12.3 Å². The highest BCUT2D eigenvalue weighted by atomic mass is 16.6. The Hall–Kier alpha value is -3.29. The fraction of sp³-hybridized carbons (Fsp3) is 0.667. The van der Waals surface area contributed by atoms with E-state index in [-0.39, 0.29) is 25.2 Å². The van der Waals surface area contributed by atoms with Crippen LogP contribution in [0.4, 0.5) is 4.79 Å². The van der Waals surface area contributed by atoms with E-state index >= 15 is 0 Å². The monoisotopic (exact) mass is 455 g/mol. The Balaban J connectivity index is 4.84. The largest absolute Gasteiger partial charge is 0.481 e. The molecule has 5 N–H and O–H groups in total. The number of esters is 1. The van der Waals surface area contributed by atoms with Crippen LogP contribution >= 0.6 is 0 Å². The van der Waals surface area contributed by atoms with Gasteiger partial charge in [-0.2, -0.15) is 0 Å². The first-order chi connectivity index (χ1) is 14.9. The predicted molar refractivity (Wildman–Crippen MR) is 115 cm³/mol. The van der Waals surface area contributed by atoms with Crippen LogP contribution in [0.25, 0.3) is 0 Å². The molecule has 0 aromatic carbocycles. The van der Waals surface area contributed by atoms with Crippen LogP contribution < -0.4 is 16.0 Å². The van der Waals surface area contributed by atoms with Gasteiger partial charge in [0, 0.05) is 25.8 Å². The standard InChI is InChI=1S/C21H33N3O8/c1-5-6-10-16(25)22-13-8-7-9-15(19(30)32-21(2,3)4)24-20(31)23-14(18(28)29)11-12-17(26)27/h1,14-15H,6-13H2,2-4H3,(H,22,25)(H,26,27)(H,28,29)(H2,23,24,31)/t14-,15?/m0/s1. The normalized spacial score (nSPS) is 12.6. The van der Waals surface area contributed by atoms with Gasteiger partial charge in [-0.1, -0.05) is 0 Å². The topological polar surface area (TPSA) is 171 Å². The molecule has 0 aromatic heterocycles. The second kappa shape index (κ2) is 14.7. The minimum absolute atomic E-state index is 0.176. The predicted octanol–water partition coefficient (Wildman–Crippen LogP) is 1.01. The van der Waals surface area contributed by atoms with Gasteiger partial charge in [-0.3, -0.25) is 9.59 Å². The zero-order valence-electron chi connectivity index (χ0n) is 18.7. The van der Waals surface area contributed by atoms with Crippen LogP contribution in [0.1, 0.15) is 65.7 Å². The van der Waals surface area contributed by atoms with Crippen LogP contribution in [-0.2, 0) is 23.9 Å². The number of hydrogen-bond acceptors (Lipinski definition) is 6. The summed E-state index contributed by atoms with van der Waals surface area (Å²) in [7, 11) is 0. The summed E-state index contributed by atoms with van der Waals surface area (Å²) < 4.78 is 5.31. The van der Waals surface area contributed by atoms with E-state index < -0.39 is 48.0 Å². The third kappa shape index (κ3) is 14.7. The van der Waals surface area contributed by atoms with E-state index in [0.29, 0.717) is 25.8 Å². The fourth-order valence-electron chi connectivity index (χ4n) is 2.48. The van der Waals surface area contributed by atoms with Gasteiger partial charge in [0.25, 0.3) is 0 Å². The maximum absolute atomic E-state index is 12.5. The molecule has 0 aromatic rings. The van der Waals surface area contributed by atoms with Gasteiger partial charge < -0.3 is 30.9 Å². The van der Waals surface area contributed by atoms with Gasteiger partial charge in [-0.05, 0) is 46.5 Å². The highest BCUT2D eigenvalue weighted by Gasteiger charge is 2.28. The summed E-state index contributed by atoms with van der Waals surface area (Å²) in [5.41, 5.74) is -0.802. The molecule has 11 heteroatoms. The Labute approximate surface area is 187 Å². The first-order valence-electron chi connectivity index (χ1n) is 10.3. The Morgan fingerprint density at radius 1 is 0.969 bits per heavy atom. The molecule has 32 heavy (non-hydrogen) atoms. The van der Waals surface area contributed by atoms with Crippen LogP contribution in [0.2, 0.25) is 0 Å². The number of rotatable bonds is 14. The van der Waals surface area contributed by atoms with Crippen molar-refractivity contribution >= 4 is 29.8 Å². The number of carbonyl (C=O) groups excluding carboxylic acids is 3. The molecule has 0 rings (SSSR count). The molecule has 0 radical (unpaired) electrons. The third-order valence-electron chi connectivity index (χ3n) is 3.99. The van der Waals surface area contributed by atoms with E-state index in [9.17, 15) is 24.0 Å². The third-order valence-corrected chi connectivity index (χ3v) is 3.99. The van der Waals surface area contributed by atoms with Crippen molar-refractivity contribution in [3.8, 4) is 12.3 Å². The SMILES string of the molecule is C#CCCC(=O)NCCCCC(NC(=O)N[C@@H](CCC(=O)O)C(=O)O)C(=O)OC(C)(C)C. The molecule has 11 nitrogen and oxygen atoms in total. The molecule has 2 atom stereocenters. The number of carboxylic acids is 2. The summed E-state index contributed by atoms with van der Waals surface area (Å²) in [6.07, 6.45) is 6.10. The van der Waals surface area contributed by atoms with Crippen LogP contribution in [0.3, 0.4) is 0 Å². The summed E-state index contributed by atoms with van der Waals surface area (Å²) in [5.74, 6) is -1.08. The number of terminal acetylenes is 1. The molecule has 1 unspecified atom stereocenters. The quantitative estimate of drug-likeness (QED) is 0.147. The molecule has 0 aliphatic carbocycles. The van der Waals surface area contributed by atoms with Crippen molar-refractivity contribution in [2.24, 2.45) is 0 Å². The van der Waals surface area contributed by atoms with Crippen LogP contribution in [0.15, 0.2) is 0 Å². The van der Waals surface area contributed by atoms with Gasteiger partial charge in [0.1, 0.15) is 17.7 Å². The van der Waals surface area contributed by atoms with Gasteiger partial charge in [-0.25, -0.2) is 14.4 Å². The molecule has 0 spiro atoms. The van der Waals surface area contributed by atoms with Crippen molar-refractivity contribution in [2.75, 3.05) is 6.54 Å². The smallest absolute Gasteiger partial charge is 0.329 e. The minimum atomic E-state index is -1.43. The number of hydrogen-bond donors (Lipinski definition) is 5. The number of unbranched alkanes of at least 4 members (excludes halogenated alkanes) is 1. The summed E-state index contributed by atoms with van der Waals surface area (Å²) in [6, 6.07) is -3.41. The zero-order chi connectivity index (χ0) is 24.7. The Morgan fingerprint density at radius 3 is 2.12 bits per heavy atom. The molecular formula is C21H33N3O8. The number of urea groups is 1. The second-order valence-corrected chi connectivity index (χ2v) is 8.08. The summed E-state index contributed by atoms with van der Waals surface area (Å²) in [6.45, 7) is 5.37. The van der Waals surface area contributed by atoms with Crippen molar-refractivity contribution in [1.82, 2.24) is 16.0 Å². The molecule has 0 aliphatic heterocycles. The average Bonchev–Trinajstić information content (AvgIpc) is 2.66. The lowest BCUT2D eigenvalue weighted by atomic mass is 10.1. The zero-order valence-corrected chi connectivity index (χ0v) is 18.7. The summed E-state index contributed by atoms with van der Waals surface area (Å²) in [4.78, 5) is 58.2. The lowest BCUT2D eigenvalue weighted by Crippen LogP contribution is -2.52. The molecule has 0 fully saturated rings. The molecule has 0 bridgehead atoms. The van der Waals surface area contributed by atoms with Gasteiger partial charge in [0.05, 0.1) is 0 Å². The lowest BCUT2D eigenvalue weighted by Gasteiger charge is -2.25. The molecule has 180 valence electrons. The highest BCUT2D eigenvalue weighted by Crippen LogP contribution is 2.12. The fourth-order valence-corrected chi connectivity index (χ4v) is 2.48. The van der Waals surface area contributed by atoms with Gasteiger partial charge in [-0.15, -0.1) is 12.3 Å². The second-order valence-electron chi connectivity index (χ2n) is 8.08. The molecule has 0 heterocycles.